The van der Waals surface area contributed by atoms with Crippen molar-refractivity contribution in [3.05, 3.63) is 76.9 Å². The van der Waals surface area contributed by atoms with E-state index in [1.165, 1.54) is 18.4 Å². The lowest BCUT2D eigenvalue weighted by Gasteiger charge is -2.09. The average Bonchev–Trinajstić information content (AvgIpc) is 3.17. The number of hydrogen-bond donors (Lipinski definition) is 2. The number of furan rings is 1. The third-order valence-electron chi connectivity index (χ3n) is 3.42. The Kier molecular flexibility index (Phi) is 5.87. The highest BCUT2D eigenvalue weighted by molar-refractivity contribution is 9.10. The van der Waals surface area contributed by atoms with Crippen molar-refractivity contribution in [1.29, 1.82) is 0 Å². The maximum atomic E-state index is 13.7. The SMILES string of the molecule is O=C(COc1ccc(Br)cc1F)Nc1ccc(NC(=O)c2ccco2)cc1. The van der Waals surface area contributed by atoms with E-state index in [1.807, 2.05) is 0 Å². The van der Waals surface area contributed by atoms with Gasteiger partial charge in [-0.3, -0.25) is 9.59 Å². The van der Waals surface area contributed by atoms with Gasteiger partial charge in [0.05, 0.1) is 6.26 Å². The van der Waals surface area contributed by atoms with Crippen molar-refractivity contribution in [2.75, 3.05) is 17.2 Å². The monoisotopic (exact) mass is 432 g/mol. The van der Waals surface area contributed by atoms with Gasteiger partial charge < -0.3 is 19.8 Å². The van der Waals surface area contributed by atoms with E-state index in [2.05, 4.69) is 26.6 Å². The summed E-state index contributed by atoms with van der Waals surface area (Å²) in [5, 5.41) is 5.29. The van der Waals surface area contributed by atoms with E-state index in [4.69, 9.17) is 9.15 Å². The molecule has 2 N–H and O–H groups in total. The Morgan fingerprint density at radius 2 is 1.74 bits per heavy atom. The van der Waals surface area contributed by atoms with E-state index in [1.54, 1.807) is 42.5 Å². The van der Waals surface area contributed by atoms with Gasteiger partial charge in [-0.25, -0.2) is 4.39 Å². The quantitative estimate of drug-likeness (QED) is 0.602. The molecule has 3 aromatic rings. The summed E-state index contributed by atoms with van der Waals surface area (Å²) < 4.78 is 24.4. The first-order chi connectivity index (χ1) is 13.0. The van der Waals surface area contributed by atoms with Gasteiger partial charge in [0.1, 0.15) is 0 Å². The number of anilines is 2. The fourth-order valence-corrected chi connectivity index (χ4v) is 2.50. The number of rotatable bonds is 6. The third kappa shape index (κ3) is 5.18. The molecule has 6 nitrogen and oxygen atoms in total. The van der Waals surface area contributed by atoms with Gasteiger partial charge in [0, 0.05) is 15.8 Å². The van der Waals surface area contributed by atoms with Gasteiger partial charge in [0.2, 0.25) is 0 Å². The van der Waals surface area contributed by atoms with Crippen molar-refractivity contribution >= 4 is 39.1 Å². The van der Waals surface area contributed by atoms with Crippen LogP contribution in [0.3, 0.4) is 0 Å². The summed E-state index contributed by atoms with van der Waals surface area (Å²) in [5.74, 6) is -1.19. The van der Waals surface area contributed by atoms with Gasteiger partial charge in [0.15, 0.2) is 23.9 Å². The van der Waals surface area contributed by atoms with Crippen LogP contribution in [0.4, 0.5) is 15.8 Å². The molecule has 2 aromatic carbocycles. The molecule has 0 saturated carbocycles. The Balaban J connectivity index is 1.51. The van der Waals surface area contributed by atoms with Gasteiger partial charge in [-0.05, 0) is 54.6 Å². The van der Waals surface area contributed by atoms with Gasteiger partial charge >= 0.3 is 0 Å². The van der Waals surface area contributed by atoms with Crippen molar-refractivity contribution in [2.45, 2.75) is 0 Å². The van der Waals surface area contributed by atoms with E-state index in [0.29, 0.717) is 15.8 Å². The van der Waals surface area contributed by atoms with Crippen LogP contribution in [0, 0.1) is 5.82 Å². The molecule has 0 bridgehead atoms. The Morgan fingerprint density at radius 1 is 1.04 bits per heavy atom. The third-order valence-corrected chi connectivity index (χ3v) is 3.92. The largest absolute Gasteiger partial charge is 0.481 e. The molecular weight excluding hydrogens is 419 g/mol. The topological polar surface area (TPSA) is 80.6 Å². The minimum absolute atomic E-state index is 0.00987. The number of carbonyl (C=O) groups is 2. The molecule has 2 amide bonds. The summed E-state index contributed by atoms with van der Waals surface area (Å²) in [6, 6.07) is 14.0. The average molecular weight is 433 g/mol. The molecule has 0 aliphatic rings. The van der Waals surface area contributed by atoms with E-state index in [9.17, 15) is 14.0 Å². The molecule has 1 heterocycles. The minimum Gasteiger partial charge on any atom is -0.481 e. The van der Waals surface area contributed by atoms with Crippen LogP contribution in [0.25, 0.3) is 0 Å². The maximum Gasteiger partial charge on any atom is 0.291 e. The zero-order valence-electron chi connectivity index (χ0n) is 13.9. The smallest absolute Gasteiger partial charge is 0.291 e. The Hall–Kier alpha value is -3.13. The molecule has 1 aromatic heterocycles. The van der Waals surface area contributed by atoms with E-state index in [0.717, 1.165) is 0 Å². The normalized spacial score (nSPS) is 10.3. The molecule has 0 spiro atoms. The second-order valence-corrected chi connectivity index (χ2v) is 6.34. The van der Waals surface area contributed by atoms with Crippen molar-refractivity contribution < 1.29 is 23.1 Å². The molecule has 0 fully saturated rings. The van der Waals surface area contributed by atoms with Crippen LogP contribution in [-0.4, -0.2) is 18.4 Å². The molecular formula is C19H14BrFN2O4. The Morgan fingerprint density at radius 3 is 2.37 bits per heavy atom. The Bertz CT molecular complexity index is 943. The zero-order valence-corrected chi connectivity index (χ0v) is 15.5. The molecule has 3 rings (SSSR count). The fourth-order valence-electron chi connectivity index (χ4n) is 2.17. The molecule has 0 saturated heterocycles. The summed E-state index contributed by atoms with van der Waals surface area (Å²) in [4.78, 5) is 23.8. The van der Waals surface area contributed by atoms with E-state index in [-0.39, 0.29) is 24.0 Å². The lowest BCUT2D eigenvalue weighted by Crippen LogP contribution is -2.20. The summed E-state index contributed by atoms with van der Waals surface area (Å²) in [5.41, 5.74) is 1.05. The van der Waals surface area contributed by atoms with Crippen LogP contribution in [0.5, 0.6) is 5.75 Å². The number of nitrogens with one attached hydrogen (secondary N) is 2. The zero-order chi connectivity index (χ0) is 19.2. The first kappa shape index (κ1) is 18.7. The highest BCUT2D eigenvalue weighted by Crippen LogP contribution is 2.21. The Labute approximate surface area is 162 Å². The number of ether oxygens (including phenoxy) is 1. The van der Waals surface area contributed by atoms with Crippen molar-refractivity contribution in [3.63, 3.8) is 0 Å². The summed E-state index contributed by atoms with van der Waals surface area (Å²) in [6.07, 6.45) is 1.41. The second-order valence-electron chi connectivity index (χ2n) is 5.42. The predicted octanol–water partition coefficient (Wildman–Crippen LogP) is 4.45. The van der Waals surface area contributed by atoms with Crippen LogP contribution in [-0.2, 0) is 4.79 Å². The van der Waals surface area contributed by atoms with Gasteiger partial charge in [0.25, 0.3) is 11.8 Å². The highest BCUT2D eigenvalue weighted by Gasteiger charge is 2.10. The summed E-state index contributed by atoms with van der Waals surface area (Å²) in [7, 11) is 0. The van der Waals surface area contributed by atoms with Crippen LogP contribution in [0.1, 0.15) is 10.6 Å². The minimum atomic E-state index is -0.561. The standard InChI is InChI=1S/C19H14BrFN2O4/c20-12-3-8-16(15(21)10-12)27-11-18(24)22-13-4-6-14(7-5-13)23-19(25)17-2-1-9-26-17/h1-10H,11H2,(H,22,24)(H,23,25). The summed E-state index contributed by atoms with van der Waals surface area (Å²) >= 11 is 3.15. The lowest BCUT2D eigenvalue weighted by molar-refractivity contribution is -0.118. The van der Waals surface area contributed by atoms with Gasteiger partial charge in [-0.2, -0.15) is 0 Å². The van der Waals surface area contributed by atoms with E-state index < -0.39 is 11.7 Å². The molecule has 0 aliphatic carbocycles. The van der Waals surface area contributed by atoms with Gasteiger partial charge in [-0.1, -0.05) is 15.9 Å². The second kappa shape index (κ2) is 8.50. The molecule has 0 aliphatic heterocycles. The number of carbonyl (C=O) groups excluding carboxylic acids is 2. The first-order valence-electron chi connectivity index (χ1n) is 7.84. The van der Waals surface area contributed by atoms with Crippen LogP contribution >= 0.6 is 15.9 Å². The van der Waals surface area contributed by atoms with E-state index >= 15 is 0 Å². The predicted molar refractivity (Wildman–Crippen MR) is 101 cm³/mol. The maximum absolute atomic E-state index is 13.7. The van der Waals surface area contributed by atoms with Gasteiger partial charge in [-0.15, -0.1) is 0 Å². The lowest BCUT2D eigenvalue weighted by atomic mass is 10.2. The molecule has 138 valence electrons. The molecule has 0 radical (unpaired) electrons. The molecule has 0 unspecified atom stereocenters. The number of halogens is 2. The van der Waals surface area contributed by atoms with Crippen molar-refractivity contribution in [1.82, 2.24) is 0 Å². The number of hydrogen-bond acceptors (Lipinski definition) is 4. The summed E-state index contributed by atoms with van der Waals surface area (Å²) in [6.45, 7) is -0.338. The van der Waals surface area contributed by atoms with Crippen molar-refractivity contribution in [2.24, 2.45) is 0 Å². The number of benzene rings is 2. The first-order valence-corrected chi connectivity index (χ1v) is 8.63. The molecule has 8 heteroatoms. The van der Waals surface area contributed by atoms with Crippen LogP contribution < -0.4 is 15.4 Å². The highest BCUT2D eigenvalue weighted by atomic mass is 79.9. The van der Waals surface area contributed by atoms with Crippen molar-refractivity contribution in [3.8, 4) is 5.75 Å². The van der Waals surface area contributed by atoms with Crippen LogP contribution in [0.2, 0.25) is 0 Å². The fraction of sp³-hybridized carbons (Fsp3) is 0.0526. The molecule has 0 atom stereocenters. The van der Waals surface area contributed by atoms with Crippen LogP contribution in [0.15, 0.2) is 69.8 Å². The molecule has 27 heavy (non-hydrogen) atoms. The number of amides is 2.